The third-order valence-corrected chi connectivity index (χ3v) is 2.85. The number of nitrogens with zero attached hydrogens (tertiary/aromatic N) is 1. The van der Waals surface area contributed by atoms with Gasteiger partial charge in [-0.3, -0.25) is 0 Å². The molecule has 0 heterocycles. The van der Waals surface area contributed by atoms with E-state index in [0.717, 1.165) is 5.56 Å². The van der Waals surface area contributed by atoms with E-state index in [1.54, 1.807) is 55.6 Å². The second-order valence-electron chi connectivity index (χ2n) is 4.42. The van der Waals surface area contributed by atoms with E-state index < -0.39 is 5.97 Å². The van der Waals surface area contributed by atoms with Crippen LogP contribution in [0.3, 0.4) is 0 Å². The Hall–Kier alpha value is -3.00. The molecule has 5 nitrogen and oxygen atoms in total. The summed E-state index contributed by atoms with van der Waals surface area (Å²) in [5.41, 5.74) is 0.872. The van der Waals surface area contributed by atoms with E-state index in [1.165, 1.54) is 0 Å². The first-order chi connectivity index (χ1) is 10.7. The highest BCUT2D eigenvalue weighted by molar-refractivity contribution is 5.74. The Kier molecular flexibility index (Phi) is 5.38. The lowest BCUT2D eigenvalue weighted by molar-refractivity contribution is -0.136. The molecule has 2 rings (SSSR count). The molecule has 0 N–H and O–H groups in total. The average Bonchev–Trinajstić information content (AvgIpc) is 2.55. The Morgan fingerprint density at radius 1 is 1.00 bits per heavy atom. The van der Waals surface area contributed by atoms with Gasteiger partial charge >= 0.3 is 5.97 Å². The Balaban J connectivity index is 1.83. The summed E-state index contributed by atoms with van der Waals surface area (Å²) in [6.07, 6.45) is 0.328. The van der Waals surface area contributed by atoms with E-state index in [9.17, 15) is 4.79 Å². The Bertz CT molecular complexity index is 657. The SMILES string of the molecule is COc1ccc(OCC(=O)Oc2ccc(CC#N)cc2)cc1. The molecule has 0 bridgehead atoms. The maximum atomic E-state index is 11.7. The predicted octanol–water partition coefficient (Wildman–Crippen LogP) is 2.75. The molecule has 0 amide bonds. The van der Waals surface area contributed by atoms with Gasteiger partial charge in [0.25, 0.3) is 0 Å². The Labute approximate surface area is 128 Å². The van der Waals surface area contributed by atoms with Crippen LogP contribution in [0, 0.1) is 11.3 Å². The van der Waals surface area contributed by atoms with E-state index in [1.807, 2.05) is 0 Å². The smallest absolute Gasteiger partial charge is 0.349 e. The molecule has 22 heavy (non-hydrogen) atoms. The van der Waals surface area contributed by atoms with Crippen LogP contribution in [0.25, 0.3) is 0 Å². The summed E-state index contributed by atoms with van der Waals surface area (Å²) < 4.78 is 15.5. The minimum Gasteiger partial charge on any atom is -0.497 e. The lowest BCUT2D eigenvalue weighted by Crippen LogP contribution is -2.17. The van der Waals surface area contributed by atoms with Crippen LogP contribution in [0.5, 0.6) is 17.2 Å². The summed E-state index contributed by atoms with van der Waals surface area (Å²) in [6.45, 7) is -0.188. The first kappa shape index (κ1) is 15.4. The number of hydrogen-bond donors (Lipinski definition) is 0. The van der Waals surface area contributed by atoms with Gasteiger partial charge in [-0.25, -0.2) is 4.79 Å². The number of carbonyl (C=O) groups is 1. The molecular weight excluding hydrogens is 282 g/mol. The van der Waals surface area contributed by atoms with Gasteiger partial charge in [0.15, 0.2) is 6.61 Å². The second kappa shape index (κ2) is 7.70. The van der Waals surface area contributed by atoms with Crippen molar-refractivity contribution in [2.24, 2.45) is 0 Å². The van der Waals surface area contributed by atoms with Crippen LogP contribution in [-0.2, 0) is 11.2 Å². The number of rotatable bonds is 6. The van der Waals surface area contributed by atoms with Gasteiger partial charge in [0.05, 0.1) is 19.6 Å². The van der Waals surface area contributed by atoms with Gasteiger partial charge in [-0.05, 0) is 42.0 Å². The lowest BCUT2D eigenvalue weighted by atomic mass is 10.2. The molecule has 0 aromatic heterocycles. The Morgan fingerprint density at radius 3 is 2.18 bits per heavy atom. The molecule has 0 aliphatic heterocycles. The van der Waals surface area contributed by atoms with Crippen molar-refractivity contribution >= 4 is 5.97 Å². The van der Waals surface area contributed by atoms with Crippen molar-refractivity contribution in [1.29, 1.82) is 5.26 Å². The van der Waals surface area contributed by atoms with Crippen LogP contribution in [0.4, 0.5) is 0 Å². The van der Waals surface area contributed by atoms with E-state index in [0.29, 0.717) is 23.7 Å². The zero-order chi connectivity index (χ0) is 15.8. The molecule has 0 atom stereocenters. The molecule has 5 heteroatoms. The molecular formula is C17H15NO4. The largest absolute Gasteiger partial charge is 0.497 e. The zero-order valence-electron chi connectivity index (χ0n) is 12.1. The first-order valence-electron chi connectivity index (χ1n) is 6.64. The van der Waals surface area contributed by atoms with E-state index in [2.05, 4.69) is 6.07 Å². The van der Waals surface area contributed by atoms with Crippen molar-refractivity contribution in [3.63, 3.8) is 0 Å². The summed E-state index contributed by atoms with van der Waals surface area (Å²) in [7, 11) is 1.58. The third-order valence-electron chi connectivity index (χ3n) is 2.85. The van der Waals surface area contributed by atoms with Crippen LogP contribution in [0.2, 0.25) is 0 Å². The summed E-state index contributed by atoms with van der Waals surface area (Å²) in [6, 6.07) is 15.8. The lowest BCUT2D eigenvalue weighted by Gasteiger charge is -2.07. The zero-order valence-corrected chi connectivity index (χ0v) is 12.1. The maximum Gasteiger partial charge on any atom is 0.349 e. The average molecular weight is 297 g/mol. The maximum absolute atomic E-state index is 11.7. The number of nitriles is 1. The molecule has 0 fully saturated rings. The third kappa shape index (κ3) is 4.53. The minimum atomic E-state index is -0.496. The molecule has 0 radical (unpaired) electrons. The molecule has 112 valence electrons. The molecule has 0 saturated heterocycles. The van der Waals surface area contributed by atoms with Crippen molar-refractivity contribution in [3.8, 4) is 23.3 Å². The molecule has 0 aliphatic rings. The van der Waals surface area contributed by atoms with E-state index >= 15 is 0 Å². The second-order valence-corrected chi connectivity index (χ2v) is 4.42. The van der Waals surface area contributed by atoms with Gasteiger partial charge in [0.1, 0.15) is 17.2 Å². The van der Waals surface area contributed by atoms with Crippen molar-refractivity contribution in [3.05, 3.63) is 54.1 Å². The molecule has 2 aromatic rings. The first-order valence-corrected chi connectivity index (χ1v) is 6.64. The summed E-state index contributed by atoms with van der Waals surface area (Å²) in [5, 5.41) is 8.59. The normalized spacial score (nSPS) is 9.64. The minimum absolute atomic E-state index is 0.188. The number of esters is 1. The standard InChI is InChI=1S/C17H15NO4/c1-20-14-6-8-15(9-7-14)21-12-17(19)22-16-4-2-13(3-5-16)10-11-18/h2-9H,10,12H2,1H3. The fraction of sp³-hybridized carbons (Fsp3) is 0.176. The van der Waals surface area contributed by atoms with Crippen LogP contribution in [0.1, 0.15) is 5.56 Å². The molecule has 0 spiro atoms. The van der Waals surface area contributed by atoms with Gasteiger partial charge < -0.3 is 14.2 Å². The van der Waals surface area contributed by atoms with Gasteiger partial charge in [-0.15, -0.1) is 0 Å². The topological polar surface area (TPSA) is 68.6 Å². The quantitative estimate of drug-likeness (QED) is 0.605. The predicted molar refractivity (Wildman–Crippen MR) is 79.9 cm³/mol. The number of methoxy groups -OCH3 is 1. The Morgan fingerprint density at radius 2 is 1.59 bits per heavy atom. The number of carbonyl (C=O) groups excluding carboxylic acids is 1. The van der Waals surface area contributed by atoms with Crippen LogP contribution in [0.15, 0.2) is 48.5 Å². The number of ether oxygens (including phenoxy) is 3. The van der Waals surface area contributed by atoms with Gasteiger partial charge in [0.2, 0.25) is 0 Å². The highest BCUT2D eigenvalue weighted by atomic mass is 16.6. The highest BCUT2D eigenvalue weighted by Crippen LogP contribution is 2.17. The van der Waals surface area contributed by atoms with E-state index in [-0.39, 0.29) is 6.61 Å². The fourth-order valence-corrected chi connectivity index (χ4v) is 1.74. The van der Waals surface area contributed by atoms with Crippen LogP contribution < -0.4 is 14.2 Å². The molecule has 2 aromatic carbocycles. The van der Waals surface area contributed by atoms with E-state index in [4.69, 9.17) is 19.5 Å². The number of hydrogen-bond acceptors (Lipinski definition) is 5. The van der Waals surface area contributed by atoms with Crippen molar-refractivity contribution in [1.82, 2.24) is 0 Å². The summed E-state index contributed by atoms with van der Waals surface area (Å²) in [4.78, 5) is 11.7. The molecule has 0 aliphatic carbocycles. The van der Waals surface area contributed by atoms with Gasteiger partial charge in [0, 0.05) is 0 Å². The van der Waals surface area contributed by atoms with Crippen molar-refractivity contribution in [2.45, 2.75) is 6.42 Å². The molecule has 0 unspecified atom stereocenters. The van der Waals surface area contributed by atoms with Crippen LogP contribution in [-0.4, -0.2) is 19.7 Å². The summed E-state index contributed by atoms with van der Waals surface area (Å²) in [5.74, 6) is 1.20. The number of benzene rings is 2. The highest BCUT2D eigenvalue weighted by Gasteiger charge is 2.06. The fourth-order valence-electron chi connectivity index (χ4n) is 1.74. The van der Waals surface area contributed by atoms with Gasteiger partial charge in [-0.2, -0.15) is 5.26 Å². The van der Waals surface area contributed by atoms with Crippen molar-refractivity contribution < 1.29 is 19.0 Å². The molecule has 0 saturated carbocycles. The van der Waals surface area contributed by atoms with Gasteiger partial charge in [-0.1, -0.05) is 12.1 Å². The summed E-state index contributed by atoms with van der Waals surface area (Å²) >= 11 is 0. The van der Waals surface area contributed by atoms with Crippen LogP contribution >= 0.6 is 0 Å². The monoisotopic (exact) mass is 297 g/mol. The van der Waals surface area contributed by atoms with Crippen molar-refractivity contribution in [2.75, 3.05) is 13.7 Å².